The quantitative estimate of drug-likeness (QED) is 0.754. The Kier molecular flexibility index (Phi) is 5.85. The summed E-state index contributed by atoms with van der Waals surface area (Å²) in [6, 6.07) is 15.7. The smallest absolute Gasteiger partial charge is 0.241 e. The highest BCUT2D eigenvalue weighted by Gasteiger charge is 2.46. The molecule has 2 heterocycles. The molecule has 2 aliphatic heterocycles. The molecule has 0 aromatic heterocycles. The number of hydrogen-bond acceptors (Lipinski definition) is 3. The summed E-state index contributed by atoms with van der Waals surface area (Å²) in [7, 11) is 3.81. The molecular weight excluding hydrogens is 398 g/mol. The standard InChI is InChI=1S/C24H28ClN3O2/c1-26(2)16-23(30)28-17-24(20-15-19(25)8-9-21(20)28)10-12-27(13-11-24)22(29)14-18-6-4-3-5-7-18/h3-9,15H,10-14,16-17H2,1-2H3. The SMILES string of the molecule is CN(C)CC(=O)N1CC2(CCN(C(=O)Cc3ccccc3)CC2)c2cc(Cl)ccc21. The zero-order valence-electron chi connectivity index (χ0n) is 17.6. The van der Waals surface area contributed by atoms with E-state index in [0.717, 1.165) is 29.7 Å². The predicted octanol–water partition coefficient (Wildman–Crippen LogP) is 3.35. The Bertz CT molecular complexity index is 937. The molecule has 0 bridgehead atoms. The molecule has 1 spiro atoms. The summed E-state index contributed by atoms with van der Waals surface area (Å²) in [5.74, 6) is 0.268. The number of amides is 2. The molecule has 1 fully saturated rings. The van der Waals surface area contributed by atoms with E-state index in [1.165, 1.54) is 0 Å². The van der Waals surface area contributed by atoms with E-state index < -0.39 is 0 Å². The highest BCUT2D eigenvalue weighted by Crippen LogP contribution is 2.48. The summed E-state index contributed by atoms with van der Waals surface area (Å²) in [4.78, 5) is 31.5. The van der Waals surface area contributed by atoms with Gasteiger partial charge in [-0.05, 0) is 56.3 Å². The average Bonchev–Trinajstić information content (AvgIpc) is 3.02. The maximum atomic E-state index is 12.9. The van der Waals surface area contributed by atoms with Crippen LogP contribution in [0.5, 0.6) is 0 Å². The lowest BCUT2D eigenvalue weighted by molar-refractivity contribution is -0.132. The van der Waals surface area contributed by atoms with Crippen LogP contribution < -0.4 is 4.90 Å². The first-order valence-corrected chi connectivity index (χ1v) is 10.8. The van der Waals surface area contributed by atoms with Crippen molar-refractivity contribution < 1.29 is 9.59 Å². The molecule has 5 nitrogen and oxygen atoms in total. The zero-order chi connectivity index (χ0) is 21.3. The second-order valence-corrected chi connectivity index (χ2v) is 9.14. The number of benzene rings is 2. The molecule has 2 aromatic rings. The molecular formula is C24H28ClN3O2. The molecule has 0 radical (unpaired) electrons. The number of carbonyl (C=O) groups is 2. The van der Waals surface area contributed by atoms with Crippen molar-refractivity contribution in [2.75, 3.05) is 45.2 Å². The van der Waals surface area contributed by atoms with E-state index in [1.54, 1.807) is 0 Å². The number of nitrogens with zero attached hydrogens (tertiary/aromatic N) is 3. The Morgan fingerprint density at radius 1 is 1.03 bits per heavy atom. The van der Waals surface area contributed by atoms with E-state index in [-0.39, 0.29) is 17.2 Å². The maximum absolute atomic E-state index is 12.9. The van der Waals surface area contributed by atoms with Gasteiger partial charge in [0.2, 0.25) is 11.8 Å². The Balaban J connectivity index is 1.51. The minimum Gasteiger partial charge on any atom is -0.342 e. The van der Waals surface area contributed by atoms with Crippen LogP contribution in [-0.2, 0) is 21.4 Å². The Morgan fingerprint density at radius 3 is 2.40 bits per heavy atom. The molecule has 158 valence electrons. The van der Waals surface area contributed by atoms with Crippen LogP contribution in [-0.4, -0.2) is 61.9 Å². The van der Waals surface area contributed by atoms with E-state index in [9.17, 15) is 9.59 Å². The molecule has 0 aliphatic carbocycles. The van der Waals surface area contributed by atoms with Crippen molar-refractivity contribution >= 4 is 29.1 Å². The van der Waals surface area contributed by atoms with Crippen molar-refractivity contribution in [3.8, 4) is 0 Å². The third-order valence-electron chi connectivity index (χ3n) is 6.31. The number of likely N-dealkylation sites (tertiary alicyclic amines) is 1. The van der Waals surface area contributed by atoms with Gasteiger partial charge in [-0.15, -0.1) is 0 Å². The largest absolute Gasteiger partial charge is 0.342 e. The van der Waals surface area contributed by atoms with Gasteiger partial charge in [-0.25, -0.2) is 0 Å². The van der Waals surface area contributed by atoms with Crippen LogP contribution in [0.1, 0.15) is 24.0 Å². The molecule has 0 atom stereocenters. The van der Waals surface area contributed by atoms with Crippen molar-refractivity contribution in [2.24, 2.45) is 0 Å². The lowest BCUT2D eigenvalue weighted by Crippen LogP contribution is -2.48. The van der Waals surface area contributed by atoms with Gasteiger partial charge in [-0.2, -0.15) is 0 Å². The second kappa shape index (κ2) is 8.40. The van der Waals surface area contributed by atoms with Crippen LogP contribution >= 0.6 is 11.6 Å². The molecule has 0 saturated carbocycles. The third kappa shape index (κ3) is 4.09. The number of likely N-dealkylation sites (N-methyl/N-ethyl adjacent to an activating group) is 1. The molecule has 4 rings (SSSR count). The first kappa shape index (κ1) is 20.9. The van der Waals surface area contributed by atoms with Crippen LogP contribution in [0.3, 0.4) is 0 Å². The topological polar surface area (TPSA) is 43.9 Å². The minimum absolute atomic E-state index is 0.100. The molecule has 0 N–H and O–H groups in total. The Morgan fingerprint density at radius 2 is 1.73 bits per heavy atom. The van der Waals surface area contributed by atoms with E-state index in [2.05, 4.69) is 0 Å². The molecule has 2 amide bonds. The highest BCUT2D eigenvalue weighted by atomic mass is 35.5. The molecule has 6 heteroatoms. The van der Waals surface area contributed by atoms with Gasteiger partial charge >= 0.3 is 0 Å². The number of rotatable bonds is 4. The summed E-state index contributed by atoms with van der Waals surface area (Å²) in [5, 5.41) is 0.692. The normalized spacial score (nSPS) is 17.5. The fraction of sp³-hybridized carbons (Fsp3) is 0.417. The average molecular weight is 426 g/mol. The Labute approximate surface area is 183 Å². The first-order chi connectivity index (χ1) is 14.4. The number of carbonyl (C=O) groups excluding carboxylic acids is 2. The van der Waals surface area contributed by atoms with Gasteiger partial charge in [-0.1, -0.05) is 41.9 Å². The number of piperidine rings is 1. The zero-order valence-corrected chi connectivity index (χ0v) is 18.4. The van der Waals surface area contributed by atoms with Gasteiger partial charge in [0.25, 0.3) is 0 Å². The van der Waals surface area contributed by atoms with Crippen molar-refractivity contribution in [3.05, 3.63) is 64.7 Å². The monoisotopic (exact) mass is 425 g/mol. The summed E-state index contributed by atoms with van der Waals surface area (Å²) < 4.78 is 0. The fourth-order valence-electron chi connectivity index (χ4n) is 4.71. The van der Waals surface area contributed by atoms with Gasteiger partial charge in [0.05, 0.1) is 13.0 Å². The van der Waals surface area contributed by atoms with Crippen LogP contribution in [0.2, 0.25) is 5.02 Å². The lowest BCUT2D eigenvalue weighted by atomic mass is 9.74. The van der Waals surface area contributed by atoms with Gasteiger partial charge in [0.15, 0.2) is 0 Å². The number of fused-ring (bicyclic) bond motifs is 2. The minimum atomic E-state index is -0.133. The van der Waals surface area contributed by atoms with E-state index in [4.69, 9.17) is 11.6 Å². The molecule has 2 aromatic carbocycles. The van der Waals surface area contributed by atoms with Crippen molar-refractivity contribution in [2.45, 2.75) is 24.7 Å². The van der Waals surface area contributed by atoms with Gasteiger partial charge < -0.3 is 14.7 Å². The molecule has 1 saturated heterocycles. The summed E-state index contributed by atoms with van der Waals surface area (Å²) in [6.45, 7) is 2.44. The molecule has 30 heavy (non-hydrogen) atoms. The van der Waals surface area contributed by atoms with E-state index in [1.807, 2.05) is 77.3 Å². The summed E-state index contributed by atoms with van der Waals surface area (Å²) in [5.41, 5.74) is 3.03. The summed E-state index contributed by atoms with van der Waals surface area (Å²) >= 11 is 6.33. The van der Waals surface area contributed by atoms with Crippen LogP contribution in [0, 0.1) is 0 Å². The van der Waals surface area contributed by atoms with Crippen LogP contribution in [0.4, 0.5) is 5.69 Å². The van der Waals surface area contributed by atoms with Crippen molar-refractivity contribution in [1.29, 1.82) is 0 Å². The lowest BCUT2D eigenvalue weighted by Gasteiger charge is -2.40. The Hall–Kier alpha value is -2.37. The fourth-order valence-corrected chi connectivity index (χ4v) is 4.89. The number of halogens is 1. The van der Waals surface area contributed by atoms with Gasteiger partial charge in [0.1, 0.15) is 0 Å². The van der Waals surface area contributed by atoms with Gasteiger partial charge in [0, 0.05) is 35.8 Å². The van der Waals surface area contributed by atoms with Crippen LogP contribution in [0.15, 0.2) is 48.5 Å². The van der Waals surface area contributed by atoms with Gasteiger partial charge in [-0.3, -0.25) is 9.59 Å². The third-order valence-corrected chi connectivity index (χ3v) is 6.54. The van der Waals surface area contributed by atoms with Crippen molar-refractivity contribution in [3.63, 3.8) is 0 Å². The van der Waals surface area contributed by atoms with Crippen molar-refractivity contribution in [1.82, 2.24) is 9.80 Å². The van der Waals surface area contributed by atoms with E-state index in [0.29, 0.717) is 37.6 Å². The molecule has 0 unspecified atom stereocenters. The maximum Gasteiger partial charge on any atom is 0.241 e. The van der Waals surface area contributed by atoms with E-state index >= 15 is 0 Å². The number of hydrogen-bond donors (Lipinski definition) is 0. The first-order valence-electron chi connectivity index (χ1n) is 10.4. The summed E-state index contributed by atoms with van der Waals surface area (Å²) in [6.07, 6.45) is 2.11. The molecule has 2 aliphatic rings. The highest BCUT2D eigenvalue weighted by molar-refractivity contribution is 6.30. The second-order valence-electron chi connectivity index (χ2n) is 8.70. The van der Waals surface area contributed by atoms with Crippen LogP contribution in [0.25, 0.3) is 0 Å². The predicted molar refractivity (Wildman–Crippen MR) is 120 cm³/mol. The number of anilines is 1.